The lowest BCUT2D eigenvalue weighted by Crippen LogP contribution is -2.38. The Morgan fingerprint density at radius 3 is 2.68 bits per heavy atom. The van der Waals surface area contributed by atoms with E-state index in [1.807, 2.05) is 12.3 Å². The molecule has 6 rings (SSSR count). The molecule has 4 heterocycles. The average Bonchev–Trinajstić information content (AvgIpc) is 3.34. The summed E-state index contributed by atoms with van der Waals surface area (Å²) in [6.07, 6.45) is 8.64. The van der Waals surface area contributed by atoms with Gasteiger partial charge >= 0.3 is 11.8 Å². The maximum Gasteiger partial charge on any atom is 0.409 e. The van der Waals surface area contributed by atoms with Gasteiger partial charge in [-0.25, -0.2) is 9.59 Å². The van der Waals surface area contributed by atoms with Crippen LogP contribution in [0.1, 0.15) is 62.5 Å². The molecule has 10 nitrogen and oxygen atoms in total. The van der Waals surface area contributed by atoms with Crippen molar-refractivity contribution < 1.29 is 14.3 Å². The number of carbonyl (C=O) groups is 1. The van der Waals surface area contributed by atoms with Crippen molar-refractivity contribution in [3.05, 3.63) is 40.4 Å². The van der Waals surface area contributed by atoms with Gasteiger partial charge < -0.3 is 30.3 Å². The van der Waals surface area contributed by atoms with Crippen LogP contribution in [0.5, 0.6) is 11.5 Å². The normalized spacial score (nSPS) is 23.6. The first-order valence-electron chi connectivity index (χ1n) is 13.7. The van der Waals surface area contributed by atoms with Crippen molar-refractivity contribution in [2.45, 2.75) is 62.9 Å². The number of carbonyl (C=O) groups excluding carboxylic acids is 1. The highest BCUT2D eigenvalue weighted by Gasteiger charge is 2.27. The fourth-order valence-corrected chi connectivity index (χ4v) is 6.03. The monoisotopic (exact) mass is 508 g/mol. The number of rotatable bonds is 7. The lowest BCUT2D eigenvalue weighted by molar-refractivity contribution is 0.158. The highest BCUT2D eigenvalue weighted by molar-refractivity contribution is 5.73. The molecule has 0 radical (unpaired) electrons. The van der Waals surface area contributed by atoms with E-state index in [2.05, 4.69) is 33.1 Å². The molecule has 0 spiro atoms. The molecule has 1 aromatic carbocycles. The molecular formula is C27H36N6O4. The molecule has 4 aliphatic rings. The standard InChI is InChI=1S/C27H36N6O4/c34-26-31-25-24(37-23-7-2-19(16-22(23)30-25)18-8-11-28-12-9-18)17-33(26)21-5-3-20(4-6-21)29-10-1-13-32-14-15-36-27(32)35/h2,7,16-18,20-21,28-29H,1,3-6,8-15H2,(H,30,31,34)/t20-,21-. The van der Waals surface area contributed by atoms with Crippen LogP contribution in [0.2, 0.25) is 0 Å². The summed E-state index contributed by atoms with van der Waals surface area (Å²) in [5.41, 5.74) is 1.94. The van der Waals surface area contributed by atoms with Crippen LogP contribution < -0.4 is 26.4 Å². The minimum atomic E-state index is -0.235. The predicted molar refractivity (Wildman–Crippen MR) is 140 cm³/mol. The van der Waals surface area contributed by atoms with Crippen LogP contribution in [0.15, 0.2) is 29.2 Å². The number of fused-ring (bicyclic) bond motifs is 2. The van der Waals surface area contributed by atoms with E-state index in [-0.39, 0.29) is 17.8 Å². The average molecular weight is 509 g/mol. The minimum Gasteiger partial charge on any atom is -0.450 e. The van der Waals surface area contributed by atoms with Crippen LogP contribution in [-0.4, -0.2) is 65.9 Å². The zero-order valence-corrected chi connectivity index (χ0v) is 21.2. The SMILES string of the molecule is O=C1OCCN1CCCN[C@H]1CC[C@H](n2cc3c(nc2=O)Nc2cc(C4CCNCC4)ccc2O3)CC1. The second kappa shape index (κ2) is 10.7. The highest BCUT2D eigenvalue weighted by Crippen LogP contribution is 2.42. The summed E-state index contributed by atoms with van der Waals surface area (Å²) in [4.78, 5) is 30.6. The van der Waals surface area contributed by atoms with Crippen molar-refractivity contribution in [2.24, 2.45) is 0 Å². The molecule has 0 bridgehead atoms. The van der Waals surface area contributed by atoms with Crippen LogP contribution in [0, 0.1) is 0 Å². The summed E-state index contributed by atoms with van der Waals surface area (Å²) in [7, 11) is 0. The predicted octanol–water partition coefficient (Wildman–Crippen LogP) is 3.48. The Morgan fingerprint density at radius 2 is 1.89 bits per heavy atom. The van der Waals surface area contributed by atoms with Crippen LogP contribution in [0.4, 0.5) is 16.3 Å². The van der Waals surface area contributed by atoms with Crippen LogP contribution >= 0.6 is 0 Å². The molecular weight excluding hydrogens is 472 g/mol. The first-order chi connectivity index (χ1) is 18.1. The van der Waals surface area contributed by atoms with Crippen molar-refractivity contribution in [2.75, 3.05) is 44.6 Å². The molecule has 2 saturated heterocycles. The number of hydrogen-bond donors (Lipinski definition) is 3. The summed E-state index contributed by atoms with van der Waals surface area (Å²) in [6, 6.07) is 6.89. The molecule has 1 aromatic heterocycles. The lowest BCUT2D eigenvalue weighted by Gasteiger charge is -2.31. The van der Waals surface area contributed by atoms with E-state index in [1.165, 1.54) is 5.56 Å². The number of hydrogen-bond acceptors (Lipinski definition) is 8. The molecule has 1 saturated carbocycles. The number of amides is 1. The molecule has 0 unspecified atom stereocenters. The van der Waals surface area contributed by atoms with Gasteiger partial charge in [0.2, 0.25) is 0 Å². The van der Waals surface area contributed by atoms with Crippen molar-refractivity contribution in [3.8, 4) is 11.5 Å². The molecule has 3 aliphatic heterocycles. The van der Waals surface area contributed by atoms with Gasteiger partial charge in [-0.15, -0.1) is 0 Å². The number of aromatic nitrogens is 2. The van der Waals surface area contributed by atoms with E-state index in [1.54, 1.807) is 9.47 Å². The number of ether oxygens (including phenoxy) is 2. The van der Waals surface area contributed by atoms with Gasteiger partial charge in [-0.05, 0) is 88.2 Å². The molecule has 37 heavy (non-hydrogen) atoms. The maximum atomic E-state index is 13.0. The largest absolute Gasteiger partial charge is 0.450 e. The highest BCUT2D eigenvalue weighted by atomic mass is 16.6. The number of benzene rings is 1. The van der Waals surface area contributed by atoms with Gasteiger partial charge in [0.05, 0.1) is 18.4 Å². The van der Waals surface area contributed by atoms with Crippen LogP contribution in [0.25, 0.3) is 0 Å². The summed E-state index contributed by atoms with van der Waals surface area (Å²) < 4.78 is 12.9. The van der Waals surface area contributed by atoms with E-state index in [4.69, 9.17) is 9.47 Å². The third-order valence-electron chi connectivity index (χ3n) is 8.18. The van der Waals surface area contributed by atoms with Gasteiger partial charge in [-0.1, -0.05) is 6.07 Å². The molecule has 0 atom stereocenters. The van der Waals surface area contributed by atoms with Gasteiger partial charge in [0.15, 0.2) is 17.3 Å². The first kappa shape index (κ1) is 24.2. The number of piperidine rings is 1. The fraction of sp³-hybridized carbons (Fsp3) is 0.593. The lowest BCUT2D eigenvalue weighted by atomic mass is 9.90. The maximum absolute atomic E-state index is 13.0. The fourth-order valence-electron chi connectivity index (χ4n) is 6.03. The third-order valence-corrected chi connectivity index (χ3v) is 8.18. The number of anilines is 2. The summed E-state index contributed by atoms with van der Waals surface area (Å²) in [6.45, 7) is 4.89. The first-order valence-corrected chi connectivity index (χ1v) is 13.7. The Balaban J connectivity index is 1.04. The number of cyclic esters (lactones) is 1. The summed E-state index contributed by atoms with van der Waals surface area (Å²) in [5.74, 6) is 2.41. The van der Waals surface area contributed by atoms with Crippen LogP contribution in [0.3, 0.4) is 0 Å². The second-order valence-electron chi connectivity index (χ2n) is 10.6. The Kier molecular flexibility index (Phi) is 7.01. The quantitative estimate of drug-likeness (QED) is 0.416. The Labute approximate surface area is 216 Å². The van der Waals surface area contributed by atoms with Crippen LogP contribution in [-0.2, 0) is 4.74 Å². The van der Waals surface area contributed by atoms with Gasteiger partial charge in [0.25, 0.3) is 0 Å². The van der Waals surface area contributed by atoms with Crippen molar-refractivity contribution >= 4 is 17.6 Å². The molecule has 1 amide bonds. The zero-order chi connectivity index (χ0) is 25.2. The Morgan fingerprint density at radius 1 is 1.05 bits per heavy atom. The number of nitrogens with zero attached hydrogens (tertiary/aromatic N) is 3. The second-order valence-corrected chi connectivity index (χ2v) is 10.6. The van der Waals surface area contributed by atoms with Gasteiger partial charge in [-0.3, -0.25) is 4.57 Å². The van der Waals surface area contributed by atoms with Gasteiger partial charge in [0.1, 0.15) is 6.61 Å². The molecule has 10 heteroatoms. The van der Waals surface area contributed by atoms with E-state index < -0.39 is 0 Å². The molecule has 2 aromatic rings. The summed E-state index contributed by atoms with van der Waals surface area (Å²) >= 11 is 0. The van der Waals surface area contributed by atoms with Gasteiger partial charge in [-0.2, -0.15) is 4.98 Å². The topological polar surface area (TPSA) is 110 Å². The van der Waals surface area contributed by atoms with Gasteiger partial charge in [0, 0.05) is 18.6 Å². The Bertz CT molecular complexity index is 1190. The van der Waals surface area contributed by atoms with Crippen molar-refractivity contribution in [3.63, 3.8) is 0 Å². The smallest absolute Gasteiger partial charge is 0.409 e. The minimum absolute atomic E-state index is 0.120. The van der Waals surface area contributed by atoms with E-state index in [9.17, 15) is 9.59 Å². The zero-order valence-electron chi connectivity index (χ0n) is 21.2. The van der Waals surface area contributed by atoms with Crippen molar-refractivity contribution in [1.82, 2.24) is 25.1 Å². The summed E-state index contributed by atoms with van der Waals surface area (Å²) in [5, 5.41) is 10.4. The molecule has 3 N–H and O–H groups in total. The molecule has 3 fully saturated rings. The van der Waals surface area contributed by atoms with E-state index in [0.29, 0.717) is 36.7 Å². The molecule has 1 aliphatic carbocycles. The van der Waals surface area contributed by atoms with E-state index >= 15 is 0 Å². The van der Waals surface area contributed by atoms with E-state index in [0.717, 1.165) is 82.6 Å². The Hall–Kier alpha value is -3.11. The number of nitrogens with one attached hydrogen (secondary N) is 3. The third kappa shape index (κ3) is 5.31. The van der Waals surface area contributed by atoms with Crippen molar-refractivity contribution in [1.29, 1.82) is 0 Å². The molecule has 198 valence electrons.